The summed E-state index contributed by atoms with van der Waals surface area (Å²) in [4.78, 5) is 19.3. The lowest BCUT2D eigenvalue weighted by atomic mass is 10.1. The lowest BCUT2D eigenvalue weighted by Crippen LogP contribution is -2.24. The van der Waals surface area contributed by atoms with Crippen molar-refractivity contribution in [1.82, 2.24) is 14.5 Å². The molecule has 0 N–H and O–H groups in total. The Morgan fingerprint density at radius 2 is 1.88 bits per heavy atom. The molecule has 1 fully saturated rings. The highest BCUT2D eigenvalue weighted by molar-refractivity contribution is 5.81. The second-order valence-corrected chi connectivity index (χ2v) is 6.52. The van der Waals surface area contributed by atoms with Gasteiger partial charge >= 0.3 is 0 Å². The molecule has 25 heavy (non-hydrogen) atoms. The van der Waals surface area contributed by atoms with Crippen molar-refractivity contribution in [2.24, 2.45) is 0 Å². The highest BCUT2D eigenvalue weighted by atomic mass is 16.2. The predicted molar refractivity (Wildman–Crippen MR) is 99.1 cm³/mol. The Bertz CT molecular complexity index is 913. The fourth-order valence-corrected chi connectivity index (χ4v) is 3.63. The average Bonchev–Trinajstić information content (AvgIpc) is 3.18. The summed E-state index contributed by atoms with van der Waals surface area (Å²) in [6.07, 6.45) is 2.41. The van der Waals surface area contributed by atoms with Crippen LogP contribution < -0.4 is 0 Å². The quantitative estimate of drug-likeness (QED) is 0.668. The third-order valence-corrected chi connectivity index (χ3v) is 4.79. The molecule has 3 aromatic rings. The maximum absolute atomic E-state index is 12.5. The summed E-state index contributed by atoms with van der Waals surface area (Å²) in [6.45, 7) is 5.96. The van der Waals surface area contributed by atoms with Crippen molar-refractivity contribution >= 4 is 16.9 Å². The van der Waals surface area contributed by atoms with Crippen molar-refractivity contribution in [2.75, 3.05) is 6.54 Å². The van der Waals surface area contributed by atoms with Gasteiger partial charge in [0.2, 0.25) is 5.91 Å². The fraction of sp³-hybridized carbons (Fsp3) is 0.238. The molecule has 1 aliphatic rings. The zero-order chi connectivity index (χ0) is 17.2. The lowest BCUT2D eigenvalue weighted by molar-refractivity contribution is -0.128. The molecule has 4 rings (SSSR count). The molecule has 1 saturated heterocycles. The topological polar surface area (TPSA) is 38.1 Å². The van der Waals surface area contributed by atoms with E-state index in [4.69, 9.17) is 4.98 Å². The van der Waals surface area contributed by atoms with E-state index in [1.165, 1.54) is 0 Å². The number of carbonyl (C=O) groups excluding carboxylic acids is 1. The first kappa shape index (κ1) is 15.6. The van der Waals surface area contributed by atoms with Gasteiger partial charge in [-0.3, -0.25) is 4.79 Å². The number of allylic oxidation sites excluding steroid dienone is 1. The van der Waals surface area contributed by atoms with Crippen LogP contribution in [0.5, 0.6) is 0 Å². The van der Waals surface area contributed by atoms with Crippen LogP contribution in [0.4, 0.5) is 0 Å². The van der Waals surface area contributed by atoms with Crippen LogP contribution in [-0.4, -0.2) is 26.9 Å². The van der Waals surface area contributed by atoms with Gasteiger partial charge < -0.3 is 9.47 Å². The van der Waals surface area contributed by atoms with Gasteiger partial charge in [0.15, 0.2) is 0 Å². The average molecular weight is 331 g/mol. The van der Waals surface area contributed by atoms with Crippen molar-refractivity contribution < 1.29 is 4.79 Å². The molecule has 2 aromatic carbocycles. The first-order valence-electron chi connectivity index (χ1n) is 8.64. The summed E-state index contributed by atoms with van der Waals surface area (Å²) < 4.78 is 2.19. The van der Waals surface area contributed by atoms with Crippen LogP contribution in [0.15, 0.2) is 67.3 Å². The Hall–Kier alpha value is -2.88. The summed E-state index contributed by atoms with van der Waals surface area (Å²) in [6, 6.07) is 18.3. The first-order chi connectivity index (χ1) is 12.3. The summed E-state index contributed by atoms with van der Waals surface area (Å²) in [7, 11) is 0. The Morgan fingerprint density at radius 1 is 1.12 bits per heavy atom. The van der Waals surface area contributed by atoms with E-state index in [0.29, 0.717) is 26.1 Å². The summed E-state index contributed by atoms with van der Waals surface area (Å²) in [5, 5.41) is 0. The van der Waals surface area contributed by atoms with Crippen molar-refractivity contribution in [3.63, 3.8) is 0 Å². The molecule has 1 atom stereocenters. The monoisotopic (exact) mass is 331 g/mol. The van der Waals surface area contributed by atoms with Gasteiger partial charge in [0.25, 0.3) is 0 Å². The van der Waals surface area contributed by atoms with Crippen molar-refractivity contribution in [1.29, 1.82) is 0 Å². The van der Waals surface area contributed by atoms with Gasteiger partial charge in [0.05, 0.1) is 11.0 Å². The molecule has 2 heterocycles. The fourth-order valence-electron chi connectivity index (χ4n) is 3.63. The Kier molecular flexibility index (Phi) is 4.10. The van der Waals surface area contributed by atoms with E-state index in [9.17, 15) is 4.79 Å². The van der Waals surface area contributed by atoms with E-state index in [0.717, 1.165) is 22.4 Å². The molecule has 0 saturated carbocycles. The number of carbonyl (C=O) groups is 1. The zero-order valence-electron chi connectivity index (χ0n) is 14.1. The molecule has 0 radical (unpaired) electrons. The molecule has 1 amide bonds. The molecule has 0 unspecified atom stereocenters. The van der Waals surface area contributed by atoms with E-state index in [-0.39, 0.29) is 11.8 Å². The van der Waals surface area contributed by atoms with E-state index < -0.39 is 0 Å². The molecule has 0 bridgehead atoms. The van der Waals surface area contributed by atoms with Crippen LogP contribution in [-0.2, 0) is 17.9 Å². The van der Waals surface area contributed by atoms with Crippen LogP contribution >= 0.6 is 0 Å². The number of nitrogens with zero attached hydrogens (tertiary/aromatic N) is 3. The van der Waals surface area contributed by atoms with Crippen LogP contribution in [0.1, 0.15) is 23.7 Å². The van der Waals surface area contributed by atoms with Gasteiger partial charge in [-0.1, -0.05) is 48.5 Å². The molecule has 126 valence electrons. The van der Waals surface area contributed by atoms with Crippen LogP contribution in [0.25, 0.3) is 11.0 Å². The largest absolute Gasteiger partial charge is 0.338 e. The highest BCUT2D eigenvalue weighted by Crippen LogP contribution is 2.31. The molecule has 0 spiro atoms. The number of fused-ring (bicyclic) bond motifs is 1. The minimum atomic E-state index is 0.128. The van der Waals surface area contributed by atoms with E-state index in [2.05, 4.69) is 29.3 Å². The van der Waals surface area contributed by atoms with Gasteiger partial charge in [-0.05, 0) is 17.7 Å². The molecule has 1 aromatic heterocycles. The Balaban J connectivity index is 1.62. The van der Waals surface area contributed by atoms with E-state index >= 15 is 0 Å². The first-order valence-corrected chi connectivity index (χ1v) is 8.64. The van der Waals surface area contributed by atoms with Gasteiger partial charge in [-0.25, -0.2) is 4.98 Å². The summed E-state index contributed by atoms with van der Waals surface area (Å²) in [5.41, 5.74) is 3.25. The minimum absolute atomic E-state index is 0.128. The van der Waals surface area contributed by atoms with Crippen LogP contribution in [0.2, 0.25) is 0 Å². The molecular weight excluding hydrogens is 310 g/mol. The van der Waals surface area contributed by atoms with Gasteiger partial charge in [0.1, 0.15) is 5.82 Å². The van der Waals surface area contributed by atoms with Crippen LogP contribution in [0, 0.1) is 0 Å². The van der Waals surface area contributed by atoms with Gasteiger partial charge in [0, 0.05) is 32.0 Å². The number of hydrogen-bond acceptors (Lipinski definition) is 2. The highest BCUT2D eigenvalue weighted by Gasteiger charge is 2.33. The van der Waals surface area contributed by atoms with E-state index in [1.54, 1.807) is 0 Å². The predicted octanol–water partition coefficient (Wildman–Crippen LogP) is 3.74. The van der Waals surface area contributed by atoms with Gasteiger partial charge in [-0.2, -0.15) is 0 Å². The Morgan fingerprint density at radius 3 is 2.68 bits per heavy atom. The number of likely N-dealkylation sites (tertiary alicyclic amines) is 1. The third kappa shape index (κ3) is 2.95. The summed E-state index contributed by atoms with van der Waals surface area (Å²) >= 11 is 0. The standard InChI is InChI=1S/C21H21N3O/c1-2-12-24-19-11-7-6-10-18(19)22-21(24)17-13-20(25)23(15-17)14-16-8-4-3-5-9-16/h2-11,17H,1,12-15H2/t17-/m0/s1. The number of imidazole rings is 1. The van der Waals surface area contributed by atoms with E-state index in [1.807, 2.05) is 47.4 Å². The number of hydrogen-bond donors (Lipinski definition) is 0. The number of amides is 1. The molecule has 0 aliphatic carbocycles. The van der Waals surface area contributed by atoms with Crippen molar-refractivity contribution in [3.05, 3.63) is 78.6 Å². The number of para-hydroxylation sites is 2. The van der Waals surface area contributed by atoms with Gasteiger partial charge in [-0.15, -0.1) is 6.58 Å². The second-order valence-electron chi connectivity index (χ2n) is 6.52. The molecular formula is C21H21N3O. The lowest BCUT2D eigenvalue weighted by Gasteiger charge is -2.17. The maximum atomic E-state index is 12.5. The number of rotatable bonds is 5. The Labute approximate surface area is 147 Å². The summed E-state index contributed by atoms with van der Waals surface area (Å²) in [5.74, 6) is 1.32. The molecule has 4 nitrogen and oxygen atoms in total. The smallest absolute Gasteiger partial charge is 0.223 e. The number of aromatic nitrogens is 2. The SMILES string of the molecule is C=CCn1c([C@H]2CC(=O)N(Cc3ccccc3)C2)nc2ccccc21. The van der Waals surface area contributed by atoms with Crippen LogP contribution in [0.3, 0.4) is 0 Å². The maximum Gasteiger partial charge on any atom is 0.223 e. The normalized spacial score (nSPS) is 17.4. The number of benzene rings is 2. The van der Waals surface area contributed by atoms with Crippen molar-refractivity contribution in [2.45, 2.75) is 25.4 Å². The molecule has 1 aliphatic heterocycles. The molecule has 4 heteroatoms. The van der Waals surface area contributed by atoms with Crippen molar-refractivity contribution in [3.8, 4) is 0 Å². The minimum Gasteiger partial charge on any atom is -0.338 e. The second kappa shape index (κ2) is 6.55. The zero-order valence-corrected chi connectivity index (χ0v) is 14.1. The third-order valence-electron chi connectivity index (χ3n) is 4.79.